The van der Waals surface area contributed by atoms with Gasteiger partial charge >= 0.3 is 0 Å². The molecule has 3 N–H and O–H groups in total. The van der Waals surface area contributed by atoms with Gasteiger partial charge in [-0.3, -0.25) is 9.59 Å². The molecule has 31 heavy (non-hydrogen) atoms. The molecule has 0 bridgehead atoms. The van der Waals surface area contributed by atoms with Gasteiger partial charge in [0.1, 0.15) is 6.79 Å². The molecule has 2 amide bonds. The van der Waals surface area contributed by atoms with Gasteiger partial charge in [-0.05, 0) is 50.3 Å². The van der Waals surface area contributed by atoms with E-state index in [-0.39, 0.29) is 0 Å². The molecule has 1 saturated carbocycles. The Morgan fingerprint density at radius 3 is 1.81 bits per heavy atom. The summed E-state index contributed by atoms with van der Waals surface area (Å²) in [5, 5.41) is 3.15. The smallest absolute Gasteiger partial charge is 0.263 e. The number of benzene rings is 1. The van der Waals surface area contributed by atoms with Gasteiger partial charge in [-0.15, -0.1) is 0 Å². The summed E-state index contributed by atoms with van der Waals surface area (Å²) in [6, 6.07) is 4.48. The highest BCUT2D eigenvalue weighted by Gasteiger charge is 2.23. The van der Waals surface area contributed by atoms with Crippen LogP contribution in [0, 0.1) is 0 Å². The van der Waals surface area contributed by atoms with E-state index in [4.69, 9.17) is 38.5 Å². The van der Waals surface area contributed by atoms with Gasteiger partial charge in [0.2, 0.25) is 6.10 Å². The zero-order valence-electron chi connectivity index (χ0n) is 18.7. The highest BCUT2D eigenvalue weighted by atomic mass is 35.5. The Morgan fingerprint density at radius 2 is 1.55 bits per heavy atom. The molecule has 176 valence electrons. The largest absolute Gasteiger partial charge is 0.381 e. The van der Waals surface area contributed by atoms with E-state index in [1.165, 1.54) is 57.4 Å². The maximum atomic E-state index is 11.6. The van der Waals surface area contributed by atoms with Crippen molar-refractivity contribution < 1.29 is 23.9 Å². The average Bonchev–Trinajstić information content (AvgIpc) is 3.39. The van der Waals surface area contributed by atoms with E-state index in [2.05, 4.69) is 22.2 Å². The molecule has 0 aromatic heterocycles. The molecule has 3 rings (SSSR count). The molecule has 0 saturated heterocycles. The van der Waals surface area contributed by atoms with E-state index in [1.54, 1.807) is 7.11 Å². The molecule has 1 fully saturated rings. The zero-order chi connectivity index (χ0) is 24.2. The Kier molecular flexibility index (Phi) is 20.2. The van der Waals surface area contributed by atoms with E-state index in [0.717, 1.165) is 0 Å². The number of allylic oxidation sites excluding steroid dienone is 2. The van der Waals surface area contributed by atoms with Crippen LogP contribution in [-0.2, 0) is 23.9 Å². The predicted octanol–water partition coefficient (Wildman–Crippen LogP) is 4.80. The number of anilines is 1. The first-order valence-electron chi connectivity index (χ1n) is 9.93. The maximum Gasteiger partial charge on any atom is 0.263 e. The van der Waals surface area contributed by atoms with Crippen molar-refractivity contribution in [1.82, 2.24) is 0 Å². The number of rotatable bonds is 5. The number of primary amides is 1. The number of nitrogens with one attached hydrogen (secondary N) is 1. The summed E-state index contributed by atoms with van der Waals surface area (Å²) in [6.07, 6.45) is 10.4. The number of methoxy groups -OCH3 is 2. The number of ether oxygens (including phenoxy) is 2. The van der Waals surface area contributed by atoms with Gasteiger partial charge in [-0.25, -0.2) is 0 Å². The van der Waals surface area contributed by atoms with Gasteiger partial charge in [0.15, 0.2) is 0 Å². The van der Waals surface area contributed by atoms with Crippen LogP contribution in [0.2, 0.25) is 10.0 Å². The highest BCUT2D eigenvalue weighted by Crippen LogP contribution is 2.22. The molecular weight excluding hydrogens is 443 g/mol. The molecule has 9 heteroatoms. The minimum Gasteiger partial charge on any atom is -0.381 e. The normalized spacial score (nSPS) is 14.0. The summed E-state index contributed by atoms with van der Waals surface area (Å²) in [5.74, 6) is -1.56. The lowest BCUT2D eigenvalue weighted by Crippen LogP contribution is -2.40. The predicted molar refractivity (Wildman–Crippen MR) is 127 cm³/mol. The number of halogens is 2. The second-order valence-corrected chi connectivity index (χ2v) is 6.88. The molecule has 2 aliphatic rings. The van der Waals surface area contributed by atoms with E-state index in [0.29, 0.717) is 21.8 Å². The van der Waals surface area contributed by atoms with Crippen LogP contribution in [0.25, 0.3) is 0 Å². The fourth-order valence-electron chi connectivity index (χ4n) is 2.08. The van der Waals surface area contributed by atoms with Gasteiger partial charge in [-0.1, -0.05) is 49.2 Å². The number of hydrogen-bond acceptors (Lipinski definition) is 5. The second kappa shape index (κ2) is 20.0. The molecule has 1 atom stereocenters. The molecule has 2 aliphatic carbocycles. The van der Waals surface area contributed by atoms with Crippen molar-refractivity contribution in [2.45, 2.75) is 58.2 Å². The average molecular weight is 477 g/mol. The number of amides is 2. The quantitative estimate of drug-likeness (QED) is 0.468. The summed E-state index contributed by atoms with van der Waals surface area (Å²) in [6.45, 7) is 6.00. The van der Waals surface area contributed by atoms with Crippen LogP contribution in [0.1, 0.15) is 46.0 Å². The van der Waals surface area contributed by atoms with E-state index >= 15 is 0 Å². The summed E-state index contributed by atoms with van der Waals surface area (Å²) >= 11 is 11.5. The number of hydrogen-bond donors (Lipinski definition) is 2. The standard InChI is InChI=1S/C10H10Cl2N2O3.C5H8.C4H8O.C2H6.CH2O/c1-17-8(9(13)15)10(16)14-7-3-5(11)2-6(12)4-7;1-2-4-5-3-1;1-5-4-2-3-4;2*1-2/h2-4,8H,1H3,(H2,13,15)(H,14,16);1-2H,3-5H2;4H,2-3H2,1H3;1-2H3;1H2. The lowest BCUT2D eigenvalue weighted by molar-refractivity contribution is -0.138. The fourth-order valence-corrected chi connectivity index (χ4v) is 2.61. The van der Waals surface area contributed by atoms with Gasteiger partial charge in [0.05, 0.1) is 6.10 Å². The maximum absolute atomic E-state index is 11.6. The fraction of sp³-hybridized carbons (Fsp3) is 0.500. The van der Waals surface area contributed by atoms with Crippen LogP contribution in [0.3, 0.4) is 0 Å². The van der Waals surface area contributed by atoms with Gasteiger partial charge in [-0.2, -0.15) is 0 Å². The van der Waals surface area contributed by atoms with Crippen molar-refractivity contribution >= 4 is 47.5 Å². The summed E-state index contributed by atoms with van der Waals surface area (Å²) in [7, 11) is 2.97. The summed E-state index contributed by atoms with van der Waals surface area (Å²) in [4.78, 5) is 30.5. The summed E-state index contributed by atoms with van der Waals surface area (Å²) < 4.78 is 9.51. The van der Waals surface area contributed by atoms with Crippen molar-refractivity contribution in [2.75, 3.05) is 19.5 Å². The first kappa shape index (κ1) is 31.3. The number of carbonyl (C=O) groups excluding carboxylic acids is 3. The van der Waals surface area contributed by atoms with Gasteiger partial charge in [0, 0.05) is 30.0 Å². The third-order valence-corrected chi connectivity index (χ3v) is 4.06. The molecule has 1 aromatic carbocycles. The monoisotopic (exact) mass is 476 g/mol. The topological polar surface area (TPSA) is 108 Å². The zero-order valence-corrected chi connectivity index (χ0v) is 20.2. The number of carbonyl (C=O) groups is 3. The lowest BCUT2D eigenvalue weighted by Gasteiger charge is -2.12. The van der Waals surface area contributed by atoms with E-state index < -0.39 is 17.9 Å². The van der Waals surface area contributed by atoms with Crippen LogP contribution >= 0.6 is 23.2 Å². The van der Waals surface area contributed by atoms with Crippen molar-refractivity contribution in [3.63, 3.8) is 0 Å². The SMILES string of the molecule is C1=CCCC1.C=O.CC.COC(C(N)=O)C(=O)Nc1cc(Cl)cc(Cl)c1.COC1CC1. The van der Waals surface area contributed by atoms with E-state index in [1.807, 2.05) is 20.6 Å². The first-order chi connectivity index (χ1) is 14.9. The summed E-state index contributed by atoms with van der Waals surface area (Å²) in [5.41, 5.74) is 5.34. The van der Waals surface area contributed by atoms with Crippen molar-refractivity contribution in [3.05, 3.63) is 40.4 Å². The Bertz CT molecular complexity index is 641. The van der Waals surface area contributed by atoms with Gasteiger partial charge < -0.3 is 25.3 Å². The van der Waals surface area contributed by atoms with Gasteiger partial charge in [0.25, 0.3) is 11.8 Å². The lowest BCUT2D eigenvalue weighted by atomic mass is 10.2. The Hall–Kier alpha value is -1.93. The van der Waals surface area contributed by atoms with E-state index in [9.17, 15) is 9.59 Å². The third-order valence-electron chi connectivity index (χ3n) is 3.63. The van der Waals surface area contributed by atoms with Crippen LogP contribution in [-0.4, -0.2) is 45.0 Å². The molecule has 0 spiro atoms. The third kappa shape index (κ3) is 16.4. The van der Waals surface area contributed by atoms with Crippen LogP contribution in [0.5, 0.6) is 0 Å². The molecule has 0 radical (unpaired) electrons. The van der Waals surface area contributed by atoms with Crippen LogP contribution in [0.15, 0.2) is 30.4 Å². The minimum absolute atomic E-state index is 0.357. The Balaban J connectivity index is 0. The molecular formula is C22H34Cl2N2O5. The number of nitrogens with two attached hydrogens (primary N) is 1. The highest BCUT2D eigenvalue weighted by molar-refractivity contribution is 6.35. The second-order valence-electron chi connectivity index (χ2n) is 6.00. The molecule has 1 aromatic rings. The molecule has 0 heterocycles. The molecule has 0 aliphatic heterocycles. The molecule has 7 nitrogen and oxygen atoms in total. The van der Waals surface area contributed by atoms with Crippen LogP contribution in [0.4, 0.5) is 5.69 Å². The minimum atomic E-state index is -1.35. The van der Waals surface area contributed by atoms with Crippen molar-refractivity contribution in [1.29, 1.82) is 0 Å². The Morgan fingerprint density at radius 1 is 1.06 bits per heavy atom. The molecule has 1 unspecified atom stereocenters. The van der Waals surface area contributed by atoms with Crippen molar-refractivity contribution in [2.24, 2.45) is 5.73 Å². The Labute approximate surface area is 195 Å². The van der Waals surface area contributed by atoms with Crippen molar-refractivity contribution in [3.8, 4) is 0 Å². The van der Waals surface area contributed by atoms with Crippen LogP contribution < -0.4 is 11.1 Å². The first-order valence-corrected chi connectivity index (χ1v) is 10.7.